The van der Waals surface area contributed by atoms with Gasteiger partial charge in [0.25, 0.3) is 0 Å². The van der Waals surface area contributed by atoms with E-state index in [0.717, 1.165) is 0 Å². The first-order valence-electron chi connectivity index (χ1n) is 5.15. The average Bonchev–Trinajstić information content (AvgIpc) is 2.80. The van der Waals surface area contributed by atoms with Crippen LogP contribution in [0.15, 0.2) is 0 Å². The van der Waals surface area contributed by atoms with Gasteiger partial charge >= 0.3 is 0 Å². The van der Waals surface area contributed by atoms with E-state index in [0.29, 0.717) is 13.2 Å². The molecule has 0 N–H and O–H groups in total. The van der Waals surface area contributed by atoms with Gasteiger partial charge in [-0.25, -0.2) is 0 Å². The zero-order chi connectivity index (χ0) is 10.6. The Hall–Kier alpha value is -0.160. The van der Waals surface area contributed by atoms with Gasteiger partial charge in [0.05, 0.1) is 13.2 Å². The van der Waals surface area contributed by atoms with Crippen molar-refractivity contribution in [1.29, 1.82) is 0 Å². The smallest absolute Gasteiger partial charge is 0.115 e. The molecule has 0 aromatic carbocycles. The lowest BCUT2D eigenvalue weighted by atomic mass is 10.1. The second-order valence-corrected chi connectivity index (χ2v) is 3.14. The second kappa shape index (κ2) is 5.66. The van der Waals surface area contributed by atoms with Gasteiger partial charge in [-0.3, -0.25) is 0 Å². The van der Waals surface area contributed by atoms with Gasteiger partial charge in [-0.1, -0.05) is 13.8 Å². The predicted molar refractivity (Wildman–Crippen MR) is 52.4 cm³/mol. The summed E-state index contributed by atoms with van der Waals surface area (Å²) in [5.41, 5.74) is 0. The van der Waals surface area contributed by atoms with Crippen molar-refractivity contribution < 1.29 is 18.9 Å². The Morgan fingerprint density at radius 1 is 0.857 bits per heavy atom. The molecule has 14 heavy (non-hydrogen) atoms. The molecular formula is C10H20O4. The van der Waals surface area contributed by atoms with Gasteiger partial charge in [0.15, 0.2) is 0 Å². The molecule has 1 unspecified atom stereocenters. The first-order chi connectivity index (χ1) is 6.86. The van der Waals surface area contributed by atoms with Crippen LogP contribution in [0.3, 0.4) is 0 Å². The van der Waals surface area contributed by atoms with Crippen molar-refractivity contribution in [3.63, 3.8) is 0 Å². The van der Waals surface area contributed by atoms with E-state index in [-0.39, 0.29) is 24.4 Å². The highest BCUT2D eigenvalue weighted by atomic mass is 16.6. The van der Waals surface area contributed by atoms with E-state index >= 15 is 0 Å². The fraction of sp³-hybridized carbons (Fsp3) is 1.00. The average molecular weight is 204 g/mol. The molecule has 0 amide bonds. The van der Waals surface area contributed by atoms with Gasteiger partial charge in [0.1, 0.15) is 24.4 Å². The molecule has 0 spiro atoms. The lowest BCUT2D eigenvalue weighted by molar-refractivity contribution is -0.0267. The summed E-state index contributed by atoms with van der Waals surface area (Å²) in [5.74, 6) is 0. The van der Waals surface area contributed by atoms with Crippen LogP contribution in [0.25, 0.3) is 0 Å². The second-order valence-electron chi connectivity index (χ2n) is 3.14. The number of hydrogen-bond acceptors (Lipinski definition) is 4. The summed E-state index contributed by atoms with van der Waals surface area (Å²) in [7, 11) is 3.36. The Morgan fingerprint density at radius 3 is 1.50 bits per heavy atom. The molecule has 0 radical (unpaired) electrons. The summed E-state index contributed by atoms with van der Waals surface area (Å²) >= 11 is 0. The van der Waals surface area contributed by atoms with E-state index in [2.05, 4.69) is 0 Å². The maximum absolute atomic E-state index is 5.51. The highest BCUT2D eigenvalue weighted by Crippen LogP contribution is 2.29. The molecule has 2 heterocycles. The van der Waals surface area contributed by atoms with Crippen molar-refractivity contribution in [1.82, 2.24) is 0 Å². The molecule has 2 saturated heterocycles. The molecular weight excluding hydrogens is 184 g/mol. The fourth-order valence-electron chi connectivity index (χ4n) is 1.83. The molecule has 4 atom stereocenters. The quantitative estimate of drug-likeness (QED) is 0.668. The van der Waals surface area contributed by atoms with Crippen LogP contribution in [0.5, 0.6) is 0 Å². The zero-order valence-electron chi connectivity index (χ0n) is 9.36. The van der Waals surface area contributed by atoms with E-state index in [1.54, 1.807) is 14.2 Å². The summed E-state index contributed by atoms with van der Waals surface area (Å²) in [5, 5.41) is 0. The largest absolute Gasteiger partial charge is 0.376 e. The van der Waals surface area contributed by atoms with E-state index in [1.165, 1.54) is 0 Å². The molecule has 2 aliphatic rings. The van der Waals surface area contributed by atoms with Crippen molar-refractivity contribution >= 4 is 0 Å². The summed E-state index contributed by atoms with van der Waals surface area (Å²) < 4.78 is 21.4. The highest BCUT2D eigenvalue weighted by molar-refractivity contribution is 4.95. The Balaban J connectivity index is 0.000000461. The lowest BCUT2D eigenvalue weighted by Gasteiger charge is -2.14. The number of ether oxygens (including phenoxy) is 4. The maximum Gasteiger partial charge on any atom is 0.115 e. The van der Waals surface area contributed by atoms with Crippen molar-refractivity contribution in [2.75, 3.05) is 27.4 Å². The van der Waals surface area contributed by atoms with Crippen LogP contribution in [0.2, 0.25) is 0 Å². The first kappa shape index (κ1) is 11.9. The van der Waals surface area contributed by atoms with Crippen LogP contribution in [0.1, 0.15) is 13.8 Å². The maximum atomic E-state index is 5.51. The van der Waals surface area contributed by atoms with Crippen LogP contribution < -0.4 is 0 Å². The van der Waals surface area contributed by atoms with E-state index in [4.69, 9.17) is 18.9 Å². The molecule has 2 fully saturated rings. The summed E-state index contributed by atoms with van der Waals surface area (Å²) in [6, 6.07) is 0. The van der Waals surface area contributed by atoms with Crippen molar-refractivity contribution in [3.8, 4) is 0 Å². The SMILES string of the molecule is CC.COC1CO[C@@H]2[C@@H](OC)CO[C@H]12. The number of rotatable bonds is 2. The molecule has 0 aromatic heterocycles. The summed E-state index contributed by atoms with van der Waals surface area (Å²) in [6.07, 6.45) is 0.296. The van der Waals surface area contributed by atoms with Gasteiger partial charge < -0.3 is 18.9 Å². The van der Waals surface area contributed by atoms with E-state index < -0.39 is 0 Å². The molecule has 0 saturated carbocycles. The summed E-state index contributed by atoms with van der Waals surface area (Å²) in [4.78, 5) is 0. The van der Waals surface area contributed by atoms with Crippen LogP contribution in [0, 0.1) is 0 Å². The summed E-state index contributed by atoms with van der Waals surface area (Å²) in [6.45, 7) is 5.23. The van der Waals surface area contributed by atoms with Gasteiger partial charge in [-0.2, -0.15) is 0 Å². The Morgan fingerprint density at radius 2 is 1.21 bits per heavy atom. The molecule has 0 aliphatic carbocycles. The van der Waals surface area contributed by atoms with Crippen LogP contribution in [-0.2, 0) is 18.9 Å². The third-order valence-electron chi connectivity index (χ3n) is 2.57. The minimum Gasteiger partial charge on any atom is -0.376 e. The van der Waals surface area contributed by atoms with Crippen LogP contribution >= 0.6 is 0 Å². The Bertz CT molecular complexity index is 144. The predicted octanol–water partition coefficient (Wildman–Crippen LogP) is 0.840. The molecule has 0 bridgehead atoms. The van der Waals surface area contributed by atoms with E-state index in [1.807, 2.05) is 13.8 Å². The fourth-order valence-corrected chi connectivity index (χ4v) is 1.83. The molecule has 4 heteroatoms. The van der Waals surface area contributed by atoms with Crippen LogP contribution in [-0.4, -0.2) is 51.8 Å². The normalized spacial score (nSPS) is 40.3. The third kappa shape index (κ3) is 2.08. The third-order valence-corrected chi connectivity index (χ3v) is 2.57. The Labute approximate surface area is 85.5 Å². The zero-order valence-corrected chi connectivity index (χ0v) is 9.36. The standard InChI is InChI=1S/C8H14O4.C2H6/c1-9-5-3-11-8-6(10-2)4-12-7(5)8;1-2/h5-8H,3-4H2,1-2H3;1-2H3/t5-,6?,7+,8+;/m0./s1. The molecule has 0 aromatic rings. The number of hydrogen-bond donors (Lipinski definition) is 0. The van der Waals surface area contributed by atoms with E-state index in [9.17, 15) is 0 Å². The van der Waals surface area contributed by atoms with Crippen LogP contribution in [0.4, 0.5) is 0 Å². The van der Waals surface area contributed by atoms with Gasteiger partial charge in [-0.15, -0.1) is 0 Å². The minimum atomic E-state index is 0.0694. The Kier molecular flexibility index (Phi) is 4.81. The minimum absolute atomic E-state index is 0.0694. The number of fused-ring (bicyclic) bond motifs is 1. The van der Waals surface area contributed by atoms with Gasteiger partial charge in [0, 0.05) is 14.2 Å². The molecule has 4 nitrogen and oxygen atoms in total. The highest BCUT2D eigenvalue weighted by Gasteiger charge is 2.48. The van der Waals surface area contributed by atoms with Crippen molar-refractivity contribution in [2.24, 2.45) is 0 Å². The molecule has 2 aliphatic heterocycles. The topological polar surface area (TPSA) is 36.9 Å². The molecule has 84 valence electrons. The monoisotopic (exact) mass is 204 g/mol. The first-order valence-corrected chi connectivity index (χ1v) is 5.15. The number of methoxy groups -OCH3 is 2. The molecule has 2 rings (SSSR count). The van der Waals surface area contributed by atoms with Gasteiger partial charge in [0.2, 0.25) is 0 Å². The van der Waals surface area contributed by atoms with Crippen molar-refractivity contribution in [2.45, 2.75) is 38.3 Å². The lowest BCUT2D eigenvalue weighted by Crippen LogP contribution is -2.32. The van der Waals surface area contributed by atoms with Crippen molar-refractivity contribution in [3.05, 3.63) is 0 Å². The van der Waals surface area contributed by atoms with Gasteiger partial charge in [-0.05, 0) is 0 Å².